The molecular weight excluding hydrogens is 608 g/mol. The highest BCUT2D eigenvalue weighted by Crippen LogP contribution is 2.63. The van der Waals surface area contributed by atoms with E-state index in [1.165, 1.54) is 11.1 Å². The lowest BCUT2D eigenvalue weighted by atomic mass is 9.66. The summed E-state index contributed by atoms with van der Waals surface area (Å²) < 4.78 is 8.72. The number of ether oxygens (including phenoxy) is 1. The van der Waals surface area contributed by atoms with E-state index in [2.05, 4.69) is 138 Å². The molecule has 0 radical (unpaired) electrons. The van der Waals surface area contributed by atoms with Gasteiger partial charge < -0.3 is 4.74 Å². The van der Waals surface area contributed by atoms with E-state index in [0.717, 1.165) is 78.0 Å². The molecule has 0 atom stereocenters. The van der Waals surface area contributed by atoms with Crippen molar-refractivity contribution < 1.29 is 4.74 Å². The summed E-state index contributed by atoms with van der Waals surface area (Å²) in [6, 6.07) is 57.4. The molecule has 0 amide bonds. The Morgan fingerprint density at radius 3 is 1.92 bits per heavy atom. The monoisotopic (exact) mass is 634 g/mol. The van der Waals surface area contributed by atoms with Crippen molar-refractivity contribution in [2.24, 2.45) is 0 Å². The summed E-state index contributed by atoms with van der Waals surface area (Å²) in [5, 5.41) is 0.749. The molecule has 0 saturated carbocycles. The lowest BCUT2D eigenvalue weighted by molar-refractivity contribution is 0.436. The van der Waals surface area contributed by atoms with Crippen LogP contribution in [0, 0.1) is 0 Å². The molecule has 1 aliphatic carbocycles. The number of rotatable bonds is 3. The standard InChI is InChI=1S/C44H27ClN2O/c45-37-16-10-15-36-42(37)32-27-30(25-26-33(32)44(36)34-13-4-8-19-40(34)48-41-20-9-5-14-35(41)44)28-21-23-29(24-22-28)43-46-38-17-6-7-18-39(38)47(43)31-11-2-1-3-12-31/h1-27H. The summed E-state index contributed by atoms with van der Waals surface area (Å²) in [5.41, 5.74) is 12.8. The molecule has 3 nitrogen and oxygen atoms in total. The fourth-order valence-corrected chi connectivity index (χ4v) is 8.23. The quantitative estimate of drug-likeness (QED) is 0.193. The zero-order chi connectivity index (χ0) is 31.8. The molecule has 226 valence electrons. The average molecular weight is 635 g/mol. The molecule has 8 aromatic rings. The highest BCUT2D eigenvalue weighted by atomic mass is 35.5. The minimum atomic E-state index is -0.542. The molecule has 1 aromatic heterocycles. The van der Waals surface area contributed by atoms with Gasteiger partial charge >= 0.3 is 0 Å². The van der Waals surface area contributed by atoms with Crippen LogP contribution in [0.1, 0.15) is 22.3 Å². The Balaban J connectivity index is 1.14. The molecule has 1 spiro atoms. The zero-order valence-corrected chi connectivity index (χ0v) is 26.5. The predicted octanol–water partition coefficient (Wildman–Crippen LogP) is 11.5. The second-order valence-electron chi connectivity index (χ2n) is 12.4. The van der Waals surface area contributed by atoms with E-state index in [9.17, 15) is 0 Å². The summed E-state index contributed by atoms with van der Waals surface area (Å²) in [5.74, 6) is 2.66. The SMILES string of the molecule is Clc1cccc2c1-c1cc(-c3ccc(-c4nc5ccccc5n4-c4ccccc4)cc3)ccc1C21c2ccccc2Oc2ccccc21. The van der Waals surface area contributed by atoms with Gasteiger partial charge in [0, 0.05) is 33.0 Å². The molecule has 7 aromatic carbocycles. The van der Waals surface area contributed by atoms with Crippen LogP contribution in [0.4, 0.5) is 0 Å². The van der Waals surface area contributed by atoms with Crippen LogP contribution in [-0.4, -0.2) is 9.55 Å². The Bertz CT molecular complexity index is 2500. The van der Waals surface area contributed by atoms with Crippen LogP contribution in [-0.2, 0) is 5.41 Å². The van der Waals surface area contributed by atoms with Gasteiger partial charge in [0.05, 0.1) is 16.4 Å². The third-order valence-electron chi connectivity index (χ3n) is 9.96. The fourth-order valence-electron chi connectivity index (χ4n) is 7.96. The first-order chi connectivity index (χ1) is 23.7. The molecule has 0 N–H and O–H groups in total. The first-order valence-corrected chi connectivity index (χ1v) is 16.5. The molecule has 2 heterocycles. The van der Waals surface area contributed by atoms with E-state index in [1.54, 1.807) is 0 Å². The highest BCUT2D eigenvalue weighted by Gasteiger charge is 2.51. The van der Waals surface area contributed by atoms with Gasteiger partial charge in [0.2, 0.25) is 0 Å². The maximum Gasteiger partial charge on any atom is 0.145 e. The Hall–Kier alpha value is -5.90. The van der Waals surface area contributed by atoms with Gasteiger partial charge in [-0.2, -0.15) is 0 Å². The van der Waals surface area contributed by atoms with E-state index in [4.69, 9.17) is 21.3 Å². The topological polar surface area (TPSA) is 27.1 Å². The van der Waals surface area contributed by atoms with Crippen LogP contribution in [0.25, 0.3) is 50.4 Å². The summed E-state index contributed by atoms with van der Waals surface area (Å²) in [6.45, 7) is 0. The van der Waals surface area contributed by atoms with Crippen molar-refractivity contribution in [2.45, 2.75) is 5.41 Å². The molecule has 0 bridgehead atoms. The van der Waals surface area contributed by atoms with Crippen molar-refractivity contribution in [3.05, 3.63) is 191 Å². The first kappa shape index (κ1) is 27.2. The van der Waals surface area contributed by atoms with Crippen LogP contribution in [0.5, 0.6) is 11.5 Å². The number of aromatic nitrogens is 2. The maximum absolute atomic E-state index is 7.10. The molecule has 48 heavy (non-hydrogen) atoms. The van der Waals surface area contributed by atoms with Gasteiger partial charge in [-0.05, 0) is 76.3 Å². The third-order valence-corrected chi connectivity index (χ3v) is 10.3. The molecule has 10 rings (SSSR count). The van der Waals surface area contributed by atoms with Crippen molar-refractivity contribution >= 4 is 22.6 Å². The predicted molar refractivity (Wildman–Crippen MR) is 194 cm³/mol. The molecule has 0 saturated heterocycles. The molecular formula is C44H27ClN2O. The van der Waals surface area contributed by atoms with Crippen molar-refractivity contribution in [3.63, 3.8) is 0 Å². The van der Waals surface area contributed by atoms with E-state index in [-0.39, 0.29) is 0 Å². The Morgan fingerprint density at radius 1 is 0.521 bits per heavy atom. The zero-order valence-electron chi connectivity index (χ0n) is 25.8. The van der Waals surface area contributed by atoms with Gasteiger partial charge in [0.15, 0.2) is 0 Å². The third kappa shape index (κ3) is 3.74. The molecule has 2 aliphatic rings. The smallest absolute Gasteiger partial charge is 0.145 e. The lowest BCUT2D eigenvalue weighted by Gasteiger charge is -2.39. The van der Waals surface area contributed by atoms with Gasteiger partial charge in [0.25, 0.3) is 0 Å². The van der Waals surface area contributed by atoms with Crippen LogP contribution >= 0.6 is 11.6 Å². The summed E-state index contributed by atoms with van der Waals surface area (Å²) in [6.07, 6.45) is 0. The Morgan fingerprint density at radius 2 is 1.15 bits per heavy atom. The molecule has 1 aliphatic heterocycles. The molecule has 4 heteroatoms. The van der Waals surface area contributed by atoms with E-state index >= 15 is 0 Å². The number of hydrogen-bond donors (Lipinski definition) is 0. The molecule has 0 fully saturated rings. The average Bonchev–Trinajstić information content (AvgIpc) is 3.67. The van der Waals surface area contributed by atoms with Gasteiger partial charge in [-0.3, -0.25) is 4.57 Å². The molecule has 0 unspecified atom stereocenters. The van der Waals surface area contributed by atoms with Crippen LogP contribution in [0.15, 0.2) is 164 Å². The van der Waals surface area contributed by atoms with E-state index in [1.807, 2.05) is 30.3 Å². The second kappa shape index (κ2) is 10.3. The number of imidazole rings is 1. The highest BCUT2D eigenvalue weighted by molar-refractivity contribution is 6.34. The van der Waals surface area contributed by atoms with Gasteiger partial charge in [-0.25, -0.2) is 4.98 Å². The van der Waals surface area contributed by atoms with Crippen molar-refractivity contribution in [1.29, 1.82) is 0 Å². The van der Waals surface area contributed by atoms with Crippen LogP contribution in [0.2, 0.25) is 5.02 Å². The van der Waals surface area contributed by atoms with Crippen LogP contribution in [0.3, 0.4) is 0 Å². The Kier molecular flexibility index (Phi) is 5.84. The first-order valence-electron chi connectivity index (χ1n) is 16.2. The van der Waals surface area contributed by atoms with Gasteiger partial charge in [-0.15, -0.1) is 0 Å². The minimum Gasteiger partial charge on any atom is -0.457 e. The number of benzene rings is 7. The van der Waals surface area contributed by atoms with Gasteiger partial charge in [-0.1, -0.05) is 127 Å². The Labute approximate surface area is 283 Å². The van der Waals surface area contributed by atoms with Crippen molar-refractivity contribution in [2.75, 3.05) is 0 Å². The van der Waals surface area contributed by atoms with E-state index < -0.39 is 5.41 Å². The number of halogens is 1. The number of nitrogens with zero attached hydrogens (tertiary/aromatic N) is 2. The fraction of sp³-hybridized carbons (Fsp3) is 0.0227. The minimum absolute atomic E-state index is 0.542. The van der Waals surface area contributed by atoms with Crippen molar-refractivity contribution in [3.8, 4) is 50.8 Å². The summed E-state index contributed by atoms with van der Waals surface area (Å²) in [4.78, 5) is 5.07. The number of fused-ring (bicyclic) bond motifs is 10. The van der Waals surface area contributed by atoms with Gasteiger partial charge in [0.1, 0.15) is 17.3 Å². The summed E-state index contributed by atoms with van der Waals surface area (Å²) in [7, 11) is 0. The van der Waals surface area contributed by atoms with Crippen molar-refractivity contribution in [1.82, 2.24) is 9.55 Å². The number of para-hydroxylation sites is 5. The maximum atomic E-state index is 7.10. The normalized spacial score (nSPS) is 13.4. The summed E-state index contributed by atoms with van der Waals surface area (Å²) >= 11 is 7.10. The van der Waals surface area contributed by atoms with Crippen LogP contribution < -0.4 is 4.74 Å². The number of hydrogen-bond acceptors (Lipinski definition) is 2. The second-order valence-corrected chi connectivity index (χ2v) is 12.8. The largest absolute Gasteiger partial charge is 0.457 e. The van der Waals surface area contributed by atoms with E-state index in [0.29, 0.717) is 0 Å². The lowest BCUT2D eigenvalue weighted by Crippen LogP contribution is -2.32.